The minimum absolute atomic E-state index is 0.299. The first-order chi connectivity index (χ1) is 9.75. The number of aliphatic carboxylic acids is 1. The largest absolute Gasteiger partial charge is 0.481 e. The van der Waals surface area contributed by atoms with Crippen LogP contribution in [0, 0.1) is 5.92 Å². The molecule has 106 valence electrons. The molecule has 1 unspecified atom stereocenters. The SMILES string of the molecule is O=C(O)C(CCCc1ccccc1)CSc1nccs1. The molecule has 0 saturated carbocycles. The summed E-state index contributed by atoms with van der Waals surface area (Å²) in [4.78, 5) is 15.4. The first-order valence-electron chi connectivity index (χ1n) is 6.54. The van der Waals surface area contributed by atoms with Gasteiger partial charge in [-0.25, -0.2) is 4.98 Å². The van der Waals surface area contributed by atoms with E-state index in [9.17, 15) is 9.90 Å². The molecular weight excluding hydrogens is 290 g/mol. The van der Waals surface area contributed by atoms with Crippen molar-refractivity contribution in [2.75, 3.05) is 5.75 Å². The van der Waals surface area contributed by atoms with Crippen molar-refractivity contribution in [1.82, 2.24) is 4.98 Å². The lowest BCUT2D eigenvalue weighted by molar-refractivity contribution is -0.141. The Bertz CT molecular complexity index is 514. The molecule has 0 spiro atoms. The molecule has 2 aromatic rings. The van der Waals surface area contributed by atoms with Gasteiger partial charge in [0.15, 0.2) is 0 Å². The highest BCUT2D eigenvalue weighted by Gasteiger charge is 2.17. The third-order valence-electron chi connectivity index (χ3n) is 3.03. The van der Waals surface area contributed by atoms with E-state index in [1.165, 1.54) is 17.3 Å². The fourth-order valence-electron chi connectivity index (χ4n) is 1.93. The van der Waals surface area contributed by atoms with Crippen LogP contribution in [0.1, 0.15) is 18.4 Å². The molecule has 0 fully saturated rings. The molecule has 0 saturated heterocycles. The van der Waals surface area contributed by atoms with Gasteiger partial charge in [0.2, 0.25) is 0 Å². The van der Waals surface area contributed by atoms with Gasteiger partial charge in [0, 0.05) is 17.3 Å². The minimum atomic E-state index is -0.706. The van der Waals surface area contributed by atoms with E-state index in [4.69, 9.17) is 0 Å². The van der Waals surface area contributed by atoms with Crippen LogP contribution in [0.5, 0.6) is 0 Å². The number of thioether (sulfide) groups is 1. The molecule has 1 heterocycles. The highest BCUT2D eigenvalue weighted by atomic mass is 32.2. The second-order valence-electron chi connectivity index (χ2n) is 4.52. The van der Waals surface area contributed by atoms with Crippen LogP contribution >= 0.6 is 23.1 Å². The first kappa shape index (κ1) is 15.1. The van der Waals surface area contributed by atoms with E-state index in [0.717, 1.165) is 17.2 Å². The van der Waals surface area contributed by atoms with Crippen molar-refractivity contribution in [2.24, 2.45) is 5.92 Å². The van der Waals surface area contributed by atoms with E-state index in [-0.39, 0.29) is 5.92 Å². The van der Waals surface area contributed by atoms with Gasteiger partial charge in [-0.2, -0.15) is 0 Å². The summed E-state index contributed by atoms with van der Waals surface area (Å²) in [6, 6.07) is 10.2. The molecule has 1 atom stereocenters. The summed E-state index contributed by atoms with van der Waals surface area (Å²) in [7, 11) is 0. The highest BCUT2D eigenvalue weighted by molar-refractivity contribution is 8.01. The molecule has 0 amide bonds. The summed E-state index contributed by atoms with van der Waals surface area (Å²) in [5.41, 5.74) is 1.27. The molecule has 1 N–H and O–H groups in total. The van der Waals surface area contributed by atoms with Gasteiger partial charge in [0.25, 0.3) is 0 Å². The summed E-state index contributed by atoms with van der Waals surface area (Å²) >= 11 is 3.09. The van der Waals surface area contributed by atoms with Gasteiger partial charge < -0.3 is 5.11 Å². The molecule has 0 aliphatic carbocycles. The van der Waals surface area contributed by atoms with Gasteiger partial charge in [0.1, 0.15) is 4.34 Å². The van der Waals surface area contributed by atoms with Crippen LogP contribution in [0.15, 0.2) is 46.2 Å². The molecule has 0 aliphatic heterocycles. The second-order valence-corrected chi connectivity index (χ2v) is 6.68. The summed E-state index contributed by atoms with van der Waals surface area (Å²) in [5, 5.41) is 11.2. The van der Waals surface area contributed by atoms with E-state index in [1.807, 2.05) is 23.6 Å². The van der Waals surface area contributed by atoms with Crippen molar-refractivity contribution in [3.05, 3.63) is 47.5 Å². The van der Waals surface area contributed by atoms with Crippen molar-refractivity contribution >= 4 is 29.1 Å². The Hall–Kier alpha value is -1.33. The summed E-state index contributed by atoms with van der Waals surface area (Å²) < 4.78 is 0.944. The van der Waals surface area contributed by atoms with Gasteiger partial charge in [-0.15, -0.1) is 11.3 Å². The molecule has 2 rings (SSSR count). The van der Waals surface area contributed by atoms with Crippen molar-refractivity contribution in [2.45, 2.75) is 23.6 Å². The summed E-state index contributed by atoms with van der Waals surface area (Å²) in [6.07, 6.45) is 4.30. The molecule has 0 aliphatic rings. The zero-order valence-electron chi connectivity index (χ0n) is 11.1. The van der Waals surface area contributed by atoms with Crippen LogP contribution in [-0.2, 0) is 11.2 Å². The number of thiazole rings is 1. The van der Waals surface area contributed by atoms with Crippen LogP contribution in [0.3, 0.4) is 0 Å². The number of hydrogen-bond donors (Lipinski definition) is 1. The molecule has 20 heavy (non-hydrogen) atoms. The zero-order chi connectivity index (χ0) is 14.2. The molecule has 0 radical (unpaired) electrons. The lowest BCUT2D eigenvalue weighted by Gasteiger charge is -2.10. The maximum atomic E-state index is 11.3. The fraction of sp³-hybridized carbons (Fsp3) is 0.333. The number of nitrogens with zero attached hydrogens (tertiary/aromatic N) is 1. The maximum Gasteiger partial charge on any atom is 0.307 e. The van der Waals surface area contributed by atoms with Crippen LogP contribution < -0.4 is 0 Å². The van der Waals surface area contributed by atoms with Crippen molar-refractivity contribution in [3.8, 4) is 0 Å². The number of carboxylic acid groups (broad SMARTS) is 1. The molecule has 5 heteroatoms. The molecule has 0 bridgehead atoms. The summed E-state index contributed by atoms with van der Waals surface area (Å²) in [6.45, 7) is 0. The van der Waals surface area contributed by atoms with Crippen LogP contribution in [0.25, 0.3) is 0 Å². The summed E-state index contributed by atoms with van der Waals surface area (Å²) in [5.74, 6) is -0.410. The van der Waals surface area contributed by atoms with Gasteiger partial charge in [0.05, 0.1) is 5.92 Å². The average molecular weight is 307 g/mol. The standard InChI is InChI=1S/C15H17NO2S2/c17-14(18)13(11-20-15-16-9-10-19-15)8-4-7-12-5-2-1-3-6-12/h1-3,5-6,9-10,13H,4,7-8,11H2,(H,17,18). The predicted molar refractivity (Wildman–Crippen MR) is 83.3 cm³/mol. The van der Waals surface area contributed by atoms with E-state index < -0.39 is 5.97 Å². The third-order valence-corrected chi connectivity index (χ3v) is 5.16. The lowest BCUT2D eigenvalue weighted by Crippen LogP contribution is -2.16. The minimum Gasteiger partial charge on any atom is -0.481 e. The molecule has 1 aromatic heterocycles. The second kappa shape index (κ2) is 8.07. The number of rotatable bonds is 8. The number of benzene rings is 1. The van der Waals surface area contributed by atoms with Crippen LogP contribution in [0.4, 0.5) is 0 Å². The number of aryl methyl sites for hydroxylation is 1. The first-order valence-corrected chi connectivity index (χ1v) is 8.41. The predicted octanol–water partition coefficient (Wildman–Crippen LogP) is 3.96. The van der Waals surface area contributed by atoms with E-state index in [1.54, 1.807) is 17.5 Å². The molecule has 1 aromatic carbocycles. The van der Waals surface area contributed by atoms with Gasteiger partial charge >= 0.3 is 5.97 Å². The van der Waals surface area contributed by atoms with Crippen molar-refractivity contribution < 1.29 is 9.90 Å². The number of carbonyl (C=O) groups is 1. The van der Waals surface area contributed by atoms with Crippen LogP contribution in [-0.4, -0.2) is 21.8 Å². The monoisotopic (exact) mass is 307 g/mol. The van der Waals surface area contributed by atoms with Gasteiger partial charge in [-0.3, -0.25) is 4.79 Å². The van der Waals surface area contributed by atoms with Crippen LogP contribution in [0.2, 0.25) is 0 Å². The highest BCUT2D eigenvalue weighted by Crippen LogP contribution is 2.25. The zero-order valence-corrected chi connectivity index (χ0v) is 12.7. The maximum absolute atomic E-state index is 11.3. The third kappa shape index (κ3) is 4.98. The fourth-order valence-corrected chi connectivity index (χ4v) is 3.72. The Morgan fingerprint density at radius 2 is 2.15 bits per heavy atom. The topological polar surface area (TPSA) is 50.2 Å². The number of hydrogen-bond acceptors (Lipinski definition) is 4. The van der Waals surface area contributed by atoms with E-state index >= 15 is 0 Å². The Kier molecular flexibility index (Phi) is 6.08. The number of carboxylic acids is 1. The van der Waals surface area contributed by atoms with Crippen molar-refractivity contribution in [1.29, 1.82) is 0 Å². The molecular formula is C15H17NO2S2. The van der Waals surface area contributed by atoms with E-state index in [2.05, 4.69) is 17.1 Å². The molecule has 3 nitrogen and oxygen atoms in total. The smallest absolute Gasteiger partial charge is 0.307 e. The van der Waals surface area contributed by atoms with Gasteiger partial charge in [-0.05, 0) is 24.8 Å². The number of aromatic nitrogens is 1. The Morgan fingerprint density at radius 3 is 2.80 bits per heavy atom. The Morgan fingerprint density at radius 1 is 1.35 bits per heavy atom. The Labute approximate surface area is 127 Å². The average Bonchev–Trinajstić information content (AvgIpc) is 2.96. The van der Waals surface area contributed by atoms with E-state index in [0.29, 0.717) is 12.2 Å². The lowest BCUT2D eigenvalue weighted by atomic mass is 10.0. The quantitative estimate of drug-likeness (QED) is 0.750. The Balaban J connectivity index is 1.76. The van der Waals surface area contributed by atoms with Crippen molar-refractivity contribution in [3.63, 3.8) is 0 Å². The normalized spacial score (nSPS) is 12.2. The van der Waals surface area contributed by atoms with Gasteiger partial charge in [-0.1, -0.05) is 42.1 Å².